The van der Waals surface area contributed by atoms with Crippen LogP contribution in [0.15, 0.2) is 12.4 Å². The highest BCUT2D eigenvalue weighted by atomic mass is 35.5. The number of aliphatic carboxylic acids is 1. The molecule has 0 radical (unpaired) electrons. The Balaban J connectivity index is 0. The fraction of sp³-hybridized carbons (Fsp3) is 0.400. The molecule has 1 rings (SSSR count). The van der Waals surface area contributed by atoms with Crippen LogP contribution < -0.4 is 5.73 Å². The molecule has 76 valence electrons. The van der Waals surface area contributed by atoms with Gasteiger partial charge >= 0.3 is 5.97 Å². The van der Waals surface area contributed by atoms with Gasteiger partial charge in [0.25, 0.3) is 0 Å². The molecule has 0 amide bonds. The summed E-state index contributed by atoms with van der Waals surface area (Å²) in [5.41, 5.74) is 5.22. The van der Waals surface area contributed by atoms with Crippen LogP contribution >= 0.6 is 24.8 Å². The monoisotopic (exact) mass is 228 g/mol. The molecule has 6 nitrogen and oxygen atoms in total. The molecule has 0 aliphatic carbocycles. The zero-order valence-corrected chi connectivity index (χ0v) is 8.16. The Kier molecular flexibility index (Phi) is 7.49. The highest BCUT2D eigenvalue weighted by Crippen LogP contribution is 1.85. The highest BCUT2D eigenvalue weighted by molar-refractivity contribution is 5.85. The number of rotatable bonds is 3. The van der Waals surface area contributed by atoms with Crippen molar-refractivity contribution in [2.75, 3.05) is 0 Å². The summed E-state index contributed by atoms with van der Waals surface area (Å²) in [5, 5.41) is 15.5. The van der Waals surface area contributed by atoms with Crippen molar-refractivity contribution in [2.24, 2.45) is 5.73 Å². The number of carbonyl (C=O) groups is 1. The summed E-state index contributed by atoms with van der Waals surface area (Å²) in [4.78, 5) is 10.2. The van der Waals surface area contributed by atoms with Crippen LogP contribution in [0.2, 0.25) is 0 Å². The Morgan fingerprint density at radius 1 is 1.62 bits per heavy atom. The van der Waals surface area contributed by atoms with E-state index in [1.165, 1.54) is 10.9 Å². The lowest BCUT2D eigenvalue weighted by molar-refractivity contribution is -0.138. The molecule has 1 aromatic rings. The van der Waals surface area contributed by atoms with Gasteiger partial charge in [-0.15, -0.1) is 29.9 Å². The average Bonchev–Trinajstić information content (AvgIpc) is 2.39. The van der Waals surface area contributed by atoms with Crippen molar-refractivity contribution >= 4 is 30.8 Å². The lowest BCUT2D eigenvalue weighted by atomic mass is 10.3. The smallest absolute Gasteiger partial charge is 0.322 e. The standard InChI is InChI=1S/C5H8N4O2.2ClH/c6-4(5(10)11)3-9-2-1-7-8-9;;/h1-2,4H,3,6H2,(H,10,11);2*1H. The maximum absolute atomic E-state index is 10.2. The van der Waals surface area contributed by atoms with Crippen LogP contribution in [0.1, 0.15) is 0 Å². The predicted octanol–water partition coefficient (Wildman–Crippen LogP) is -0.466. The van der Waals surface area contributed by atoms with E-state index in [0.717, 1.165) is 0 Å². The van der Waals surface area contributed by atoms with Crippen LogP contribution in [0.4, 0.5) is 0 Å². The third-order valence-electron chi connectivity index (χ3n) is 1.17. The molecule has 0 spiro atoms. The highest BCUT2D eigenvalue weighted by Gasteiger charge is 2.11. The minimum Gasteiger partial charge on any atom is -0.480 e. The first-order valence-corrected chi connectivity index (χ1v) is 3.02. The third-order valence-corrected chi connectivity index (χ3v) is 1.17. The summed E-state index contributed by atoms with van der Waals surface area (Å²) in [6, 6.07) is -0.920. The third kappa shape index (κ3) is 4.66. The van der Waals surface area contributed by atoms with Gasteiger partial charge in [0.15, 0.2) is 0 Å². The first kappa shape index (κ1) is 14.7. The van der Waals surface area contributed by atoms with Crippen molar-refractivity contribution in [3.05, 3.63) is 12.4 Å². The van der Waals surface area contributed by atoms with Crippen molar-refractivity contribution in [2.45, 2.75) is 12.6 Å². The van der Waals surface area contributed by atoms with Crippen LogP contribution in [0.3, 0.4) is 0 Å². The SMILES string of the molecule is Cl.Cl.NC(Cn1ccnn1)C(=O)O. The summed E-state index contributed by atoms with van der Waals surface area (Å²) < 4.78 is 1.37. The number of aromatic nitrogens is 3. The van der Waals surface area contributed by atoms with Gasteiger partial charge in [0, 0.05) is 6.20 Å². The first-order chi connectivity index (χ1) is 5.20. The zero-order valence-electron chi connectivity index (χ0n) is 6.53. The zero-order chi connectivity index (χ0) is 8.27. The van der Waals surface area contributed by atoms with Crippen molar-refractivity contribution in [1.82, 2.24) is 15.0 Å². The van der Waals surface area contributed by atoms with E-state index in [1.54, 1.807) is 6.20 Å². The van der Waals surface area contributed by atoms with Crippen molar-refractivity contribution in [1.29, 1.82) is 0 Å². The molecule has 0 saturated carbocycles. The molecular formula is C5H10Cl2N4O2. The van der Waals surface area contributed by atoms with Gasteiger partial charge in [0.05, 0.1) is 12.7 Å². The fourth-order valence-corrected chi connectivity index (χ4v) is 0.610. The molecule has 0 aliphatic heterocycles. The Morgan fingerprint density at radius 3 is 2.62 bits per heavy atom. The minimum absolute atomic E-state index is 0. The largest absolute Gasteiger partial charge is 0.480 e. The summed E-state index contributed by atoms with van der Waals surface area (Å²) in [6.45, 7) is 0.148. The van der Waals surface area contributed by atoms with Gasteiger partial charge in [-0.25, -0.2) is 0 Å². The van der Waals surface area contributed by atoms with Gasteiger partial charge in [0.2, 0.25) is 0 Å². The van der Waals surface area contributed by atoms with E-state index >= 15 is 0 Å². The van der Waals surface area contributed by atoms with Gasteiger partial charge in [-0.3, -0.25) is 9.48 Å². The molecule has 3 N–H and O–H groups in total. The molecule has 0 bridgehead atoms. The lowest BCUT2D eigenvalue weighted by Crippen LogP contribution is -2.34. The number of nitrogens with two attached hydrogens (primary N) is 1. The van der Waals surface area contributed by atoms with E-state index in [1.807, 2.05) is 0 Å². The summed E-state index contributed by atoms with van der Waals surface area (Å²) in [7, 11) is 0. The van der Waals surface area contributed by atoms with Crippen molar-refractivity contribution in [3.63, 3.8) is 0 Å². The second kappa shape index (κ2) is 6.64. The second-order valence-corrected chi connectivity index (χ2v) is 2.07. The predicted molar refractivity (Wildman–Crippen MR) is 50.1 cm³/mol. The molecule has 13 heavy (non-hydrogen) atoms. The summed E-state index contributed by atoms with van der Waals surface area (Å²) in [6.07, 6.45) is 3.03. The number of halogens is 2. The van der Waals surface area contributed by atoms with Gasteiger partial charge in [-0.1, -0.05) is 5.21 Å². The molecule has 1 atom stereocenters. The second-order valence-electron chi connectivity index (χ2n) is 2.07. The van der Waals surface area contributed by atoms with Crippen LogP contribution in [0, 0.1) is 0 Å². The van der Waals surface area contributed by atoms with E-state index < -0.39 is 12.0 Å². The Hall–Kier alpha value is -0.850. The molecule has 0 aliphatic rings. The molecular weight excluding hydrogens is 219 g/mol. The summed E-state index contributed by atoms with van der Waals surface area (Å²) >= 11 is 0. The summed E-state index contributed by atoms with van der Waals surface area (Å²) in [5.74, 6) is -1.04. The van der Waals surface area contributed by atoms with E-state index in [4.69, 9.17) is 10.8 Å². The Bertz CT molecular complexity index is 241. The maximum Gasteiger partial charge on any atom is 0.322 e. The molecule has 1 unspecified atom stereocenters. The molecule has 8 heteroatoms. The number of carboxylic acid groups (broad SMARTS) is 1. The maximum atomic E-state index is 10.2. The van der Waals surface area contributed by atoms with E-state index in [9.17, 15) is 4.79 Å². The van der Waals surface area contributed by atoms with Crippen LogP contribution in [-0.2, 0) is 11.3 Å². The van der Waals surface area contributed by atoms with Gasteiger partial charge < -0.3 is 10.8 Å². The minimum atomic E-state index is -1.04. The molecule has 1 aromatic heterocycles. The van der Waals surface area contributed by atoms with E-state index in [-0.39, 0.29) is 31.4 Å². The fourth-order valence-electron chi connectivity index (χ4n) is 0.610. The molecule has 1 heterocycles. The van der Waals surface area contributed by atoms with Gasteiger partial charge in [-0.2, -0.15) is 0 Å². The Labute approximate surface area is 86.9 Å². The van der Waals surface area contributed by atoms with Gasteiger partial charge in [0.1, 0.15) is 6.04 Å². The molecule has 0 saturated heterocycles. The topological polar surface area (TPSA) is 94.0 Å². The number of hydrogen-bond donors (Lipinski definition) is 2. The first-order valence-electron chi connectivity index (χ1n) is 3.02. The number of nitrogens with zero attached hydrogens (tertiary/aromatic N) is 3. The van der Waals surface area contributed by atoms with Gasteiger partial charge in [-0.05, 0) is 0 Å². The normalized spacial score (nSPS) is 10.8. The molecule has 0 aromatic carbocycles. The lowest BCUT2D eigenvalue weighted by Gasteiger charge is -2.03. The van der Waals surface area contributed by atoms with Crippen molar-refractivity contribution in [3.8, 4) is 0 Å². The average molecular weight is 229 g/mol. The van der Waals surface area contributed by atoms with Crippen LogP contribution in [0.5, 0.6) is 0 Å². The van der Waals surface area contributed by atoms with E-state index in [2.05, 4.69) is 10.3 Å². The molecule has 0 fully saturated rings. The van der Waals surface area contributed by atoms with Crippen LogP contribution in [-0.4, -0.2) is 32.1 Å². The van der Waals surface area contributed by atoms with Crippen LogP contribution in [0.25, 0.3) is 0 Å². The Morgan fingerprint density at radius 2 is 2.23 bits per heavy atom. The number of carboxylic acids is 1. The quantitative estimate of drug-likeness (QED) is 0.730. The van der Waals surface area contributed by atoms with Crippen molar-refractivity contribution < 1.29 is 9.90 Å². The van der Waals surface area contributed by atoms with E-state index in [0.29, 0.717) is 0 Å². The number of hydrogen-bond acceptors (Lipinski definition) is 4.